The molecule has 1 amide bonds. The molecule has 1 N–H and O–H groups in total. The molecule has 32 heavy (non-hydrogen) atoms. The van der Waals surface area contributed by atoms with Gasteiger partial charge in [-0.15, -0.1) is 0 Å². The molecular weight excluding hydrogens is 424 g/mol. The molecule has 3 aromatic rings. The third-order valence-corrected chi connectivity index (χ3v) is 6.94. The molecule has 6 nitrogen and oxygen atoms in total. The number of benzene rings is 3. The van der Waals surface area contributed by atoms with Gasteiger partial charge in [0.25, 0.3) is 10.0 Å². The zero-order valence-electron chi connectivity index (χ0n) is 18.7. The smallest absolute Gasteiger partial charge is 0.264 e. The molecule has 0 spiro atoms. The quantitative estimate of drug-likeness (QED) is 0.524. The number of anilines is 2. The Morgan fingerprint density at radius 2 is 1.69 bits per heavy atom. The lowest BCUT2D eigenvalue weighted by Gasteiger charge is -2.25. The Bertz CT molecular complexity index is 1190. The average molecular weight is 453 g/mol. The van der Waals surface area contributed by atoms with Crippen molar-refractivity contribution < 1.29 is 17.9 Å². The van der Waals surface area contributed by atoms with Crippen molar-refractivity contribution in [3.8, 4) is 5.75 Å². The van der Waals surface area contributed by atoms with Crippen molar-refractivity contribution in [3.63, 3.8) is 0 Å². The van der Waals surface area contributed by atoms with Crippen LogP contribution in [0.2, 0.25) is 0 Å². The maximum atomic E-state index is 13.5. The van der Waals surface area contributed by atoms with E-state index in [1.165, 1.54) is 19.2 Å². The molecule has 0 radical (unpaired) electrons. The minimum Gasteiger partial charge on any atom is -0.497 e. The fraction of sp³-hybridized carbons (Fsp3) is 0.240. The third-order valence-electron chi connectivity index (χ3n) is 5.15. The first-order valence-corrected chi connectivity index (χ1v) is 11.8. The van der Waals surface area contributed by atoms with Crippen LogP contribution >= 0.6 is 0 Å². The molecule has 0 aromatic heterocycles. The molecule has 0 unspecified atom stereocenters. The summed E-state index contributed by atoms with van der Waals surface area (Å²) in [5.74, 6) is 0.272. The van der Waals surface area contributed by atoms with E-state index in [2.05, 4.69) is 5.32 Å². The van der Waals surface area contributed by atoms with Crippen molar-refractivity contribution in [2.75, 3.05) is 23.3 Å². The van der Waals surface area contributed by atoms with Crippen LogP contribution in [-0.2, 0) is 14.8 Å². The summed E-state index contributed by atoms with van der Waals surface area (Å²) >= 11 is 0. The van der Waals surface area contributed by atoms with Crippen molar-refractivity contribution >= 4 is 27.3 Å². The van der Waals surface area contributed by atoms with Gasteiger partial charge < -0.3 is 10.1 Å². The van der Waals surface area contributed by atoms with E-state index >= 15 is 0 Å². The molecule has 0 bridgehead atoms. The largest absolute Gasteiger partial charge is 0.497 e. The van der Waals surface area contributed by atoms with Gasteiger partial charge in [0.1, 0.15) is 12.3 Å². The number of aryl methyl sites for hydroxylation is 1. The molecule has 3 aromatic carbocycles. The highest BCUT2D eigenvalue weighted by molar-refractivity contribution is 7.92. The highest BCUT2D eigenvalue weighted by Gasteiger charge is 2.28. The molecule has 168 valence electrons. The van der Waals surface area contributed by atoms with Crippen LogP contribution < -0.4 is 14.4 Å². The summed E-state index contributed by atoms with van der Waals surface area (Å²) in [6, 6.07) is 20.6. The number of carbonyl (C=O) groups excluding carboxylic acids is 1. The predicted molar refractivity (Wildman–Crippen MR) is 128 cm³/mol. The summed E-state index contributed by atoms with van der Waals surface area (Å²) in [5, 5.41) is 2.94. The van der Waals surface area contributed by atoms with E-state index < -0.39 is 15.9 Å². The van der Waals surface area contributed by atoms with Crippen LogP contribution in [0.4, 0.5) is 11.4 Å². The number of hydrogen-bond acceptors (Lipinski definition) is 4. The van der Waals surface area contributed by atoms with Crippen molar-refractivity contribution in [2.24, 2.45) is 0 Å². The zero-order valence-corrected chi connectivity index (χ0v) is 19.5. The van der Waals surface area contributed by atoms with Crippen molar-refractivity contribution in [3.05, 3.63) is 83.9 Å². The first-order chi connectivity index (χ1) is 15.2. The first-order valence-electron chi connectivity index (χ1n) is 10.3. The lowest BCUT2D eigenvalue weighted by atomic mass is 9.98. The van der Waals surface area contributed by atoms with Crippen LogP contribution in [0.25, 0.3) is 0 Å². The summed E-state index contributed by atoms with van der Waals surface area (Å²) in [4.78, 5) is 13.2. The maximum absolute atomic E-state index is 13.5. The number of rotatable bonds is 8. The second kappa shape index (κ2) is 9.87. The monoisotopic (exact) mass is 452 g/mol. The van der Waals surface area contributed by atoms with E-state index in [9.17, 15) is 13.2 Å². The lowest BCUT2D eigenvalue weighted by molar-refractivity contribution is -0.114. The van der Waals surface area contributed by atoms with Crippen molar-refractivity contribution in [1.29, 1.82) is 0 Å². The number of nitrogens with zero attached hydrogens (tertiary/aromatic N) is 1. The molecule has 3 rings (SSSR count). The third kappa shape index (κ3) is 5.11. The molecule has 0 heterocycles. The minimum absolute atomic E-state index is 0.106. The zero-order chi connectivity index (χ0) is 23.3. The van der Waals surface area contributed by atoms with Gasteiger partial charge in [-0.25, -0.2) is 8.42 Å². The normalized spacial score (nSPS) is 11.3. The summed E-state index contributed by atoms with van der Waals surface area (Å²) in [6.07, 6.45) is 0. The summed E-state index contributed by atoms with van der Waals surface area (Å²) < 4.78 is 33.3. The molecule has 0 aliphatic rings. The van der Waals surface area contributed by atoms with E-state index in [0.717, 1.165) is 21.1 Å². The molecule has 0 aliphatic heterocycles. The van der Waals surface area contributed by atoms with Gasteiger partial charge in [0.15, 0.2) is 0 Å². The molecule has 0 atom stereocenters. The van der Waals surface area contributed by atoms with E-state index in [1.807, 2.05) is 39.0 Å². The van der Waals surface area contributed by atoms with Gasteiger partial charge in [0.2, 0.25) is 5.91 Å². The Kier molecular flexibility index (Phi) is 7.20. The molecule has 0 aliphatic carbocycles. The van der Waals surface area contributed by atoms with Crippen LogP contribution in [0.15, 0.2) is 77.7 Å². The number of hydrogen-bond donors (Lipinski definition) is 1. The summed E-state index contributed by atoms with van der Waals surface area (Å²) in [6.45, 7) is 5.64. The number of ether oxygens (including phenoxy) is 1. The average Bonchev–Trinajstić information content (AvgIpc) is 2.79. The number of nitrogens with one attached hydrogen (secondary N) is 1. The molecule has 0 fully saturated rings. The molecule has 7 heteroatoms. The minimum atomic E-state index is -3.99. The Morgan fingerprint density at radius 3 is 2.34 bits per heavy atom. The Hall–Kier alpha value is -3.32. The van der Waals surface area contributed by atoms with Crippen LogP contribution in [0.1, 0.15) is 30.9 Å². The van der Waals surface area contributed by atoms with Gasteiger partial charge >= 0.3 is 0 Å². The van der Waals surface area contributed by atoms with Gasteiger partial charge in [-0.1, -0.05) is 56.3 Å². The number of para-hydroxylation sites is 1. The second-order valence-corrected chi connectivity index (χ2v) is 9.63. The van der Waals surface area contributed by atoms with Gasteiger partial charge in [0, 0.05) is 11.8 Å². The SMILES string of the molecule is COc1cccc(N(CC(=O)Nc2c(C)cccc2C(C)C)S(=O)(=O)c2ccccc2)c1. The van der Waals surface area contributed by atoms with E-state index in [-0.39, 0.29) is 17.4 Å². The number of amides is 1. The molecule has 0 saturated heterocycles. The fourth-order valence-corrected chi connectivity index (χ4v) is 4.89. The van der Waals surface area contributed by atoms with Crippen LogP contribution in [0, 0.1) is 6.92 Å². The van der Waals surface area contributed by atoms with E-state index in [1.54, 1.807) is 42.5 Å². The van der Waals surface area contributed by atoms with Crippen molar-refractivity contribution in [1.82, 2.24) is 0 Å². The lowest BCUT2D eigenvalue weighted by Crippen LogP contribution is -2.38. The van der Waals surface area contributed by atoms with E-state index in [0.29, 0.717) is 11.4 Å². The molecular formula is C25H28N2O4S. The highest BCUT2D eigenvalue weighted by atomic mass is 32.2. The van der Waals surface area contributed by atoms with Crippen LogP contribution in [-0.4, -0.2) is 28.0 Å². The highest BCUT2D eigenvalue weighted by Crippen LogP contribution is 2.29. The Balaban J connectivity index is 1.99. The Labute approximate surface area is 189 Å². The fourth-order valence-electron chi connectivity index (χ4n) is 3.45. The number of methoxy groups -OCH3 is 1. The van der Waals surface area contributed by atoms with Crippen LogP contribution in [0.5, 0.6) is 5.75 Å². The van der Waals surface area contributed by atoms with Gasteiger partial charge in [-0.2, -0.15) is 0 Å². The first kappa shape index (κ1) is 23.3. The van der Waals surface area contributed by atoms with Crippen molar-refractivity contribution in [2.45, 2.75) is 31.6 Å². The maximum Gasteiger partial charge on any atom is 0.264 e. The van der Waals surface area contributed by atoms with Gasteiger partial charge in [-0.05, 0) is 48.2 Å². The predicted octanol–water partition coefficient (Wildman–Crippen LogP) is 4.96. The standard InChI is InChI=1S/C25H28N2O4S/c1-18(2)23-15-8-10-19(3)25(23)26-24(28)17-27(20-11-9-12-21(16-20)31-4)32(29,30)22-13-6-5-7-14-22/h5-16,18H,17H2,1-4H3,(H,26,28). The molecule has 0 saturated carbocycles. The Morgan fingerprint density at radius 1 is 1.00 bits per heavy atom. The number of sulfonamides is 1. The number of carbonyl (C=O) groups is 1. The second-order valence-electron chi connectivity index (χ2n) is 7.77. The van der Waals surface area contributed by atoms with Gasteiger partial charge in [-0.3, -0.25) is 9.10 Å². The van der Waals surface area contributed by atoms with Crippen LogP contribution in [0.3, 0.4) is 0 Å². The van der Waals surface area contributed by atoms with E-state index in [4.69, 9.17) is 4.74 Å². The topological polar surface area (TPSA) is 75.7 Å². The van der Waals surface area contributed by atoms with Gasteiger partial charge in [0.05, 0.1) is 17.7 Å². The summed E-state index contributed by atoms with van der Waals surface area (Å²) in [5.41, 5.74) is 2.98. The summed E-state index contributed by atoms with van der Waals surface area (Å²) in [7, 11) is -2.48.